The molecule has 0 saturated carbocycles. The fourth-order valence-corrected chi connectivity index (χ4v) is 4.00. The van der Waals surface area contributed by atoms with Crippen molar-refractivity contribution in [2.75, 3.05) is 6.61 Å². The lowest BCUT2D eigenvalue weighted by atomic mass is 10.1. The Kier molecular flexibility index (Phi) is 6.46. The second-order valence-electron chi connectivity index (χ2n) is 6.24. The van der Waals surface area contributed by atoms with Crippen molar-refractivity contribution in [3.05, 3.63) is 42.5 Å². The van der Waals surface area contributed by atoms with Gasteiger partial charge in [-0.05, 0) is 31.0 Å². The molecule has 0 spiro atoms. The minimum atomic E-state index is -2.13. The summed E-state index contributed by atoms with van der Waals surface area (Å²) in [5, 5.41) is 2.38. The fourth-order valence-electron chi connectivity index (χ4n) is 2.60. The lowest BCUT2D eigenvalue weighted by Gasteiger charge is -2.24. The Labute approximate surface area is 135 Å². The van der Waals surface area contributed by atoms with Crippen molar-refractivity contribution in [3.8, 4) is 5.75 Å². The summed E-state index contributed by atoms with van der Waals surface area (Å²) >= 11 is 0. The first-order valence-electron chi connectivity index (χ1n) is 8.43. The zero-order chi connectivity index (χ0) is 15.8. The van der Waals surface area contributed by atoms with Crippen LogP contribution in [0.1, 0.15) is 39.0 Å². The van der Waals surface area contributed by atoms with E-state index in [1.807, 2.05) is 12.1 Å². The van der Waals surface area contributed by atoms with Crippen LogP contribution in [0.3, 0.4) is 0 Å². The SMILES string of the molecule is CCCCCCCO[Si](C)(C)Oc1cccc2ccccc12. The van der Waals surface area contributed by atoms with Gasteiger partial charge in [0.25, 0.3) is 0 Å². The first-order valence-corrected chi connectivity index (χ1v) is 11.2. The molecule has 0 radical (unpaired) electrons. The molecule has 2 nitrogen and oxygen atoms in total. The van der Waals surface area contributed by atoms with E-state index in [0.717, 1.165) is 24.2 Å². The molecule has 0 heterocycles. The highest BCUT2D eigenvalue weighted by molar-refractivity contribution is 6.65. The van der Waals surface area contributed by atoms with Crippen LogP contribution in [-0.4, -0.2) is 15.2 Å². The van der Waals surface area contributed by atoms with Gasteiger partial charge in [-0.3, -0.25) is 0 Å². The Morgan fingerprint density at radius 1 is 0.864 bits per heavy atom. The van der Waals surface area contributed by atoms with Crippen LogP contribution in [0.4, 0.5) is 0 Å². The van der Waals surface area contributed by atoms with Gasteiger partial charge >= 0.3 is 8.56 Å². The van der Waals surface area contributed by atoms with E-state index in [0.29, 0.717) is 0 Å². The third-order valence-electron chi connectivity index (χ3n) is 3.80. The third kappa shape index (κ3) is 5.15. The lowest BCUT2D eigenvalue weighted by Crippen LogP contribution is -2.38. The van der Waals surface area contributed by atoms with Crippen LogP contribution in [0.25, 0.3) is 10.8 Å². The summed E-state index contributed by atoms with van der Waals surface area (Å²) in [5.41, 5.74) is 0. The zero-order valence-corrected chi connectivity index (χ0v) is 15.1. The number of benzene rings is 2. The van der Waals surface area contributed by atoms with Crippen molar-refractivity contribution in [2.45, 2.75) is 52.1 Å². The van der Waals surface area contributed by atoms with Gasteiger partial charge in [0.05, 0.1) is 0 Å². The van der Waals surface area contributed by atoms with Crippen molar-refractivity contribution in [1.29, 1.82) is 0 Å². The van der Waals surface area contributed by atoms with E-state index >= 15 is 0 Å². The molecule has 120 valence electrons. The van der Waals surface area contributed by atoms with Crippen molar-refractivity contribution >= 4 is 19.3 Å². The quantitative estimate of drug-likeness (QED) is 0.423. The van der Waals surface area contributed by atoms with Gasteiger partial charge < -0.3 is 8.85 Å². The molecule has 0 unspecified atom stereocenters. The molecule has 0 fully saturated rings. The van der Waals surface area contributed by atoms with Crippen LogP contribution in [0, 0.1) is 0 Å². The molecule has 2 rings (SSSR count). The smallest absolute Gasteiger partial charge is 0.392 e. The van der Waals surface area contributed by atoms with Gasteiger partial charge in [0.2, 0.25) is 0 Å². The van der Waals surface area contributed by atoms with Gasteiger partial charge in [-0.25, -0.2) is 0 Å². The molecule has 0 aliphatic carbocycles. The van der Waals surface area contributed by atoms with Crippen molar-refractivity contribution < 1.29 is 8.85 Å². The van der Waals surface area contributed by atoms with E-state index < -0.39 is 8.56 Å². The lowest BCUT2D eigenvalue weighted by molar-refractivity contribution is 0.241. The fraction of sp³-hybridized carbons (Fsp3) is 0.474. The molecule has 2 aromatic rings. The van der Waals surface area contributed by atoms with E-state index in [9.17, 15) is 0 Å². The Morgan fingerprint density at radius 2 is 1.59 bits per heavy atom. The predicted molar refractivity (Wildman–Crippen MR) is 96.8 cm³/mol. The second-order valence-corrected chi connectivity index (χ2v) is 9.53. The minimum Gasteiger partial charge on any atom is -0.520 e. The highest BCUT2D eigenvalue weighted by Gasteiger charge is 2.27. The molecule has 2 aromatic carbocycles. The summed E-state index contributed by atoms with van der Waals surface area (Å²) < 4.78 is 12.3. The van der Waals surface area contributed by atoms with Gasteiger partial charge in [-0.2, -0.15) is 0 Å². The predicted octanol–water partition coefficient (Wildman–Crippen LogP) is 5.91. The van der Waals surface area contributed by atoms with Crippen LogP contribution >= 0.6 is 0 Å². The van der Waals surface area contributed by atoms with Gasteiger partial charge in [-0.15, -0.1) is 0 Å². The Balaban J connectivity index is 1.90. The van der Waals surface area contributed by atoms with E-state index in [1.54, 1.807) is 0 Å². The summed E-state index contributed by atoms with van der Waals surface area (Å²) in [4.78, 5) is 0. The summed E-state index contributed by atoms with van der Waals surface area (Å²) in [6.07, 6.45) is 6.31. The van der Waals surface area contributed by atoms with Crippen molar-refractivity contribution in [3.63, 3.8) is 0 Å². The molecule has 0 atom stereocenters. The average molecular weight is 317 g/mol. The van der Waals surface area contributed by atoms with Gasteiger partial charge in [0, 0.05) is 12.0 Å². The van der Waals surface area contributed by atoms with Crippen molar-refractivity contribution in [2.24, 2.45) is 0 Å². The topological polar surface area (TPSA) is 18.5 Å². The standard InChI is InChI=1S/C19H28O2Si/c1-4-5-6-7-10-16-20-22(2,3)21-19-15-11-13-17-12-8-9-14-18(17)19/h8-9,11-15H,4-7,10,16H2,1-3H3. The van der Waals surface area contributed by atoms with Gasteiger partial charge in [0.15, 0.2) is 0 Å². The second kappa shape index (κ2) is 8.35. The van der Waals surface area contributed by atoms with Crippen LogP contribution in [-0.2, 0) is 4.43 Å². The van der Waals surface area contributed by atoms with Crippen LogP contribution < -0.4 is 4.43 Å². The maximum Gasteiger partial charge on any atom is 0.392 e. The molecule has 0 amide bonds. The van der Waals surface area contributed by atoms with E-state index in [2.05, 4.69) is 50.3 Å². The van der Waals surface area contributed by atoms with E-state index in [-0.39, 0.29) is 0 Å². The average Bonchev–Trinajstić information content (AvgIpc) is 2.51. The first kappa shape index (κ1) is 17.0. The zero-order valence-electron chi connectivity index (χ0n) is 14.1. The Bertz CT molecular complexity index is 575. The molecule has 0 N–H and O–H groups in total. The van der Waals surface area contributed by atoms with E-state index in [4.69, 9.17) is 8.85 Å². The third-order valence-corrected chi connectivity index (χ3v) is 5.41. The number of unbranched alkanes of at least 4 members (excludes halogenated alkanes) is 4. The number of rotatable bonds is 9. The highest BCUT2D eigenvalue weighted by atomic mass is 28.4. The molecule has 3 heteroatoms. The highest BCUT2D eigenvalue weighted by Crippen LogP contribution is 2.27. The van der Waals surface area contributed by atoms with Gasteiger partial charge in [-0.1, -0.05) is 69.0 Å². The van der Waals surface area contributed by atoms with Crippen LogP contribution in [0.2, 0.25) is 13.1 Å². The number of fused-ring (bicyclic) bond motifs is 1. The monoisotopic (exact) mass is 316 g/mol. The minimum absolute atomic E-state index is 0.813. The first-order chi connectivity index (χ1) is 10.6. The summed E-state index contributed by atoms with van der Waals surface area (Å²) in [5.74, 6) is 0.945. The maximum absolute atomic E-state index is 6.26. The molecular formula is C19H28O2Si. The molecule has 0 saturated heterocycles. The molecule has 0 aliphatic rings. The van der Waals surface area contributed by atoms with Crippen LogP contribution in [0.15, 0.2) is 42.5 Å². The summed E-state index contributed by atoms with van der Waals surface area (Å²) in [7, 11) is -2.13. The normalized spacial score (nSPS) is 11.8. The molecule has 0 aromatic heterocycles. The Hall–Kier alpha value is -1.32. The van der Waals surface area contributed by atoms with Crippen molar-refractivity contribution in [1.82, 2.24) is 0 Å². The van der Waals surface area contributed by atoms with Crippen LogP contribution in [0.5, 0.6) is 5.75 Å². The van der Waals surface area contributed by atoms with E-state index in [1.165, 1.54) is 31.1 Å². The number of hydrogen-bond donors (Lipinski definition) is 0. The number of hydrogen-bond acceptors (Lipinski definition) is 2. The maximum atomic E-state index is 6.26. The summed E-state index contributed by atoms with van der Waals surface area (Å²) in [6.45, 7) is 7.31. The Morgan fingerprint density at radius 3 is 2.41 bits per heavy atom. The largest absolute Gasteiger partial charge is 0.520 e. The molecule has 0 bridgehead atoms. The molecule has 22 heavy (non-hydrogen) atoms. The van der Waals surface area contributed by atoms with Gasteiger partial charge in [0.1, 0.15) is 5.75 Å². The molecule has 0 aliphatic heterocycles. The molecular weight excluding hydrogens is 288 g/mol. The summed E-state index contributed by atoms with van der Waals surface area (Å²) in [6, 6.07) is 14.5.